The first-order valence-corrected chi connectivity index (χ1v) is 7.75. The summed E-state index contributed by atoms with van der Waals surface area (Å²) in [5, 5.41) is 6.85. The molecule has 1 unspecified atom stereocenters. The van der Waals surface area contributed by atoms with Gasteiger partial charge in [-0.25, -0.2) is 4.98 Å². The predicted molar refractivity (Wildman–Crippen MR) is 82.9 cm³/mol. The van der Waals surface area contributed by atoms with Gasteiger partial charge >= 0.3 is 0 Å². The third-order valence-corrected chi connectivity index (χ3v) is 4.17. The molecule has 19 heavy (non-hydrogen) atoms. The second-order valence-electron chi connectivity index (χ2n) is 5.02. The van der Waals surface area contributed by atoms with Gasteiger partial charge in [-0.15, -0.1) is 11.3 Å². The Morgan fingerprint density at radius 2 is 2.11 bits per heavy atom. The average molecular weight is 274 g/mol. The Hall–Kier alpha value is -1.19. The summed E-state index contributed by atoms with van der Waals surface area (Å²) in [5.41, 5.74) is 4.17. The van der Waals surface area contributed by atoms with Crippen molar-refractivity contribution in [2.75, 3.05) is 6.54 Å². The van der Waals surface area contributed by atoms with Gasteiger partial charge in [-0.05, 0) is 37.9 Å². The summed E-state index contributed by atoms with van der Waals surface area (Å²) in [6.07, 6.45) is 3.97. The van der Waals surface area contributed by atoms with Gasteiger partial charge in [0.1, 0.15) is 0 Å². The van der Waals surface area contributed by atoms with Crippen LogP contribution in [0.1, 0.15) is 28.6 Å². The van der Waals surface area contributed by atoms with Crippen molar-refractivity contribution in [2.45, 2.75) is 39.7 Å². The Morgan fingerprint density at radius 3 is 2.79 bits per heavy atom. The molecule has 0 saturated carbocycles. The third-order valence-electron chi connectivity index (χ3n) is 3.37. The highest BCUT2D eigenvalue weighted by Crippen LogP contribution is 2.16. The molecule has 3 heteroatoms. The SMILES string of the molecule is CCNC(Cc1nccs1)Cc1cc(C)ccc1C. The Labute approximate surface area is 119 Å². The van der Waals surface area contributed by atoms with Crippen LogP contribution >= 0.6 is 11.3 Å². The van der Waals surface area contributed by atoms with Gasteiger partial charge in [-0.1, -0.05) is 30.7 Å². The van der Waals surface area contributed by atoms with Crippen LogP contribution in [0, 0.1) is 13.8 Å². The smallest absolute Gasteiger partial charge is 0.0940 e. The summed E-state index contributed by atoms with van der Waals surface area (Å²) in [7, 11) is 0. The van der Waals surface area contributed by atoms with Crippen LogP contribution in [0.15, 0.2) is 29.8 Å². The van der Waals surface area contributed by atoms with Crippen LogP contribution in [-0.2, 0) is 12.8 Å². The predicted octanol–water partition coefficient (Wildman–Crippen LogP) is 3.52. The van der Waals surface area contributed by atoms with Crippen LogP contribution in [-0.4, -0.2) is 17.6 Å². The van der Waals surface area contributed by atoms with Crippen LogP contribution in [0.3, 0.4) is 0 Å². The van der Waals surface area contributed by atoms with E-state index in [4.69, 9.17) is 0 Å². The van der Waals surface area contributed by atoms with Crippen molar-refractivity contribution >= 4 is 11.3 Å². The Bertz CT molecular complexity index is 505. The van der Waals surface area contributed by atoms with Crippen LogP contribution in [0.25, 0.3) is 0 Å². The summed E-state index contributed by atoms with van der Waals surface area (Å²) in [6.45, 7) is 7.52. The molecule has 1 N–H and O–H groups in total. The highest BCUT2D eigenvalue weighted by Gasteiger charge is 2.12. The van der Waals surface area contributed by atoms with Crippen LogP contribution in [0.2, 0.25) is 0 Å². The Morgan fingerprint density at radius 1 is 1.26 bits per heavy atom. The standard InChI is InChI=1S/C16H22N2S/c1-4-17-15(11-16-18-7-8-19-16)10-14-9-12(2)5-6-13(14)3/h5-9,15,17H,4,10-11H2,1-3H3. The van der Waals surface area contributed by atoms with Crippen LogP contribution in [0.5, 0.6) is 0 Å². The van der Waals surface area contributed by atoms with Crippen molar-refractivity contribution in [1.29, 1.82) is 0 Å². The van der Waals surface area contributed by atoms with Gasteiger partial charge < -0.3 is 5.32 Å². The summed E-state index contributed by atoms with van der Waals surface area (Å²) in [4.78, 5) is 4.40. The summed E-state index contributed by atoms with van der Waals surface area (Å²) < 4.78 is 0. The minimum Gasteiger partial charge on any atom is -0.314 e. The molecule has 1 heterocycles. The molecule has 0 fully saturated rings. The highest BCUT2D eigenvalue weighted by atomic mass is 32.1. The van der Waals surface area contributed by atoms with Crippen molar-refractivity contribution < 1.29 is 0 Å². The number of thiazole rings is 1. The zero-order chi connectivity index (χ0) is 13.7. The fourth-order valence-corrected chi connectivity index (χ4v) is 3.05. The molecule has 0 bridgehead atoms. The first-order valence-electron chi connectivity index (χ1n) is 6.87. The molecule has 0 aliphatic rings. The first-order chi connectivity index (χ1) is 9.19. The maximum atomic E-state index is 4.40. The highest BCUT2D eigenvalue weighted by molar-refractivity contribution is 7.09. The van der Waals surface area contributed by atoms with Gasteiger partial charge in [-0.2, -0.15) is 0 Å². The molecule has 2 aromatic rings. The molecule has 0 spiro atoms. The minimum absolute atomic E-state index is 0.469. The maximum Gasteiger partial charge on any atom is 0.0940 e. The molecule has 2 nitrogen and oxygen atoms in total. The minimum atomic E-state index is 0.469. The Kier molecular flexibility index (Phi) is 5.11. The monoisotopic (exact) mass is 274 g/mol. The van der Waals surface area contributed by atoms with Gasteiger partial charge in [0.15, 0.2) is 0 Å². The molecule has 0 saturated heterocycles. The number of nitrogens with zero attached hydrogens (tertiary/aromatic N) is 1. The van der Waals surface area contributed by atoms with E-state index in [1.54, 1.807) is 11.3 Å². The van der Waals surface area contributed by atoms with Crippen molar-refractivity contribution in [3.05, 3.63) is 51.5 Å². The molecule has 0 radical (unpaired) electrons. The average Bonchev–Trinajstić information content (AvgIpc) is 2.87. The molecule has 0 amide bonds. The van der Waals surface area contributed by atoms with Crippen LogP contribution in [0.4, 0.5) is 0 Å². The van der Waals surface area contributed by atoms with E-state index < -0.39 is 0 Å². The van der Waals surface area contributed by atoms with E-state index in [-0.39, 0.29) is 0 Å². The number of aromatic nitrogens is 1. The molecule has 2 rings (SSSR count). The van der Waals surface area contributed by atoms with E-state index in [9.17, 15) is 0 Å². The molecule has 0 aliphatic carbocycles. The number of hydrogen-bond donors (Lipinski definition) is 1. The normalized spacial score (nSPS) is 12.6. The zero-order valence-electron chi connectivity index (χ0n) is 11.9. The Balaban J connectivity index is 2.09. The van der Waals surface area contributed by atoms with E-state index in [1.807, 2.05) is 6.20 Å². The largest absolute Gasteiger partial charge is 0.314 e. The zero-order valence-corrected chi connectivity index (χ0v) is 12.8. The second kappa shape index (κ2) is 6.83. The summed E-state index contributed by atoms with van der Waals surface area (Å²) >= 11 is 1.74. The van der Waals surface area contributed by atoms with Gasteiger partial charge in [-0.3, -0.25) is 0 Å². The van der Waals surface area contributed by atoms with Gasteiger partial charge in [0.25, 0.3) is 0 Å². The lowest BCUT2D eigenvalue weighted by Gasteiger charge is -2.18. The maximum absolute atomic E-state index is 4.40. The lowest BCUT2D eigenvalue weighted by atomic mass is 9.97. The van der Waals surface area contributed by atoms with E-state index >= 15 is 0 Å². The summed E-state index contributed by atoms with van der Waals surface area (Å²) in [5.74, 6) is 0. The van der Waals surface area contributed by atoms with Gasteiger partial charge in [0.2, 0.25) is 0 Å². The number of likely N-dealkylation sites (N-methyl/N-ethyl adjacent to an activating group) is 1. The molecule has 1 aromatic heterocycles. The van der Waals surface area contributed by atoms with Crippen molar-refractivity contribution in [3.63, 3.8) is 0 Å². The second-order valence-corrected chi connectivity index (χ2v) is 6.00. The molecule has 102 valence electrons. The number of rotatable bonds is 6. The molecule has 0 aliphatic heterocycles. The quantitative estimate of drug-likeness (QED) is 0.871. The number of aryl methyl sites for hydroxylation is 2. The topological polar surface area (TPSA) is 24.9 Å². The van der Waals surface area contributed by atoms with Gasteiger partial charge in [0, 0.05) is 24.0 Å². The number of benzene rings is 1. The van der Waals surface area contributed by atoms with Crippen molar-refractivity contribution in [1.82, 2.24) is 10.3 Å². The van der Waals surface area contributed by atoms with Crippen molar-refractivity contribution in [2.24, 2.45) is 0 Å². The first kappa shape index (κ1) is 14.2. The lowest BCUT2D eigenvalue weighted by molar-refractivity contribution is 0.519. The third kappa shape index (κ3) is 4.15. The van der Waals surface area contributed by atoms with E-state index in [1.165, 1.54) is 21.7 Å². The van der Waals surface area contributed by atoms with Crippen molar-refractivity contribution in [3.8, 4) is 0 Å². The number of hydrogen-bond acceptors (Lipinski definition) is 3. The molecule has 1 atom stereocenters. The van der Waals surface area contributed by atoms with Gasteiger partial charge in [0.05, 0.1) is 5.01 Å². The number of nitrogens with one attached hydrogen (secondary N) is 1. The molecule has 1 aromatic carbocycles. The van der Waals surface area contributed by atoms with E-state index in [0.29, 0.717) is 6.04 Å². The molecular formula is C16H22N2S. The summed E-state index contributed by atoms with van der Waals surface area (Å²) in [6, 6.07) is 7.18. The fourth-order valence-electron chi connectivity index (χ4n) is 2.36. The fraction of sp³-hybridized carbons (Fsp3) is 0.438. The van der Waals surface area contributed by atoms with E-state index in [0.717, 1.165) is 19.4 Å². The lowest BCUT2D eigenvalue weighted by Crippen LogP contribution is -2.33. The van der Waals surface area contributed by atoms with Crippen LogP contribution < -0.4 is 5.32 Å². The molecular weight excluding hydrogens is 252 g/mol. The van der Waals surface area contributed by atoms with E-state index in [2.05, 4.69) is 54.7 Å².